The smallest absolute Gasteiger partial charge is 0.376 e. The first-order valence-corrected chi connectivity index (χ1v) is 19.6. The molecule has 11 heteroatoms. The fourth-order valence-electron chi connectivity index (χ4n) is 6.51. The van der Waals surface area contributed by atoms with Crippen molar-refractivity contribution in [2.24, 2.45) is 5.92 Å². The van der Waals surface area contributed by atoms with Crippen LogP contribution in [-0.4, -0.2) is 59.4 Å². The van der Waals surface area contributed by atoms with Gasteiger partial charge in [-0.1, -0.05) is 86.6 Å². The molecule has 0 amide bonds. The fourth-order valence-corrected chi connectivity index (χ4v) is 7.38. The van der Waals surface area contributed by atoms with Crippen LogP contribution in [0, 0.1) is 5.92 Å². The summed E-state index contributed by atoms with van der Waals surface area (Å²) >= 11 is 0. The van der Waals surface area contributed by atoms with Gasteiger partial charge in [-0.3, -0.25) is 4.57 Å². The third-order valence-electron chi connectivity index (χ3n) is 9.33. The predicted molar refractivity (Wildman–Crippen MR) is 201 cm³/mol. The van der Waals surface area contributed by atoms with Crippen LogP contribution in [0.4, 0.5) is 0 Å². The van der Waals surface area contributed by atoms with Gasteiger partial charge in [0.2, 0.25) is 15.8 Å². The number of rotatable bonds is 14. The fraction of sp³-hybridized carbons (Fsp3) is 0.341. The number of aromatic nitrogens is 3. The van der Waals surface area contributed by atoms with Crippen LogP contribution in [-0.2, 0) is 34.4 Å². The highest BCUT2D eigenvalue weighted by Crippen LogP contribution is 2.40. The number of piperidine rings is 1. The van der Waals surface area contributed by atoms with Crippen LogP contribution < -0.4 is 9.47 Å². The minimum Gasteiger partial charge on any atom is -0.488 e. The highest BCUT2D eigenvalue weighted by molar-refractivity contribution is 7.88. The van der Waals surface area contributed by atoms with Crippen LogP contribution in [0.15, 0.2) is 97.1 Å². The second kappa shape index (κ2) is 16.6. The summed E-state index contributed by atoms with van der Waals surface area (Å²) < 4.78 is 45.6. The molecular weight excluding hydrogens is 677 g/mol. The first-order valence-electron chi connectivity index (χ1n) is 17.8. The Labute approximate surface area is 306 Å². The molecule has 52 heavy (non-hydrogen) atoms. The van der Waals surface area contributed by atoms with Crippen molar-refractivity contribution in [3.63, 3.8) is 0 Å². The van der Waals surface area contributed by atoms with Crippen LogP contribution in [0.3, 0.4) is 0 Å². The Morgan fingerprint density at radius 3 is 1.96 bits per heavy atom. The Kier molecular flexibility index (Phi) is 11.7. The van der Waals surface area contributed by atoms with Crippen LogP contribution in [0.5, 0.6) is 11.5 Å². The molecule has 0 aliphatic carbocycles. The first-order chi connectivity index (χ1) is 25.1. The molecular formula is C41H46N4O6S. The van der Waals surface area contributed by atoms with E-state index in [0.717, 1.165) is 41.5 Å². The van der Waals surface area contributed by atoms with Gasteiger partial charge in [-0.25, -0.2) is 17.5 Å². The second-order valence-electron chi connectivity index (χ2n) is 13.5. The van der Waals surface area contributed by atoms with Gasteiger partial charge >= 0.3 is 5.97 Å². The molecule has 1 aromatic heterocycles. The van der Waals surface area contributed by atoms with Gasteiger partial charge in [0.1, 0.15) is 24.7 Å². The third-order valence-corrected chi connectivity index (χ3v) is 10.6. The molecule has 0 bridgehead atoms. The van der Waals surface area contributed by atoms with Crippen molar-refractivity contribution in [1.82, 2.24) is 19.1 Å². The number of hydrogen-bond donors (Lipinski definition) is 0. The van der Waals surface area contributed by atoms with Gasteiger partial charge in [0.25, 0.3) is 0 Å². The van der Waals surface area contributed by atoms with E-state index in [-0.39, 0.29) is 18.3 Å². The van der Waals surface area contributed by atoms with Gasteiger partial charge in [-0.15, -0.1) is 10.2 Å². The van der Waals surface area contributed by atoms with E-state index in [1.807, 2.05) is 97.1 Å². The molecule has 5 aromatic rings. The normalized spacial score (nSPS) is 14.0. The van der Waals surface area contributed by atoms with Crippen molar-refractivity contribution in [3.05, 3.63) is 125 Å². The molecule has 1 fully saturated rings. The lowest BCUT2D eigenvalue weighted by Gasteiger charge is -2.30. The molecule has 2 heterocycles. The van der Waals surface area contributed by atoms with E-state index in [9.17, 15) is 13.2 Å². The zero-order valence-electron chi connectivity index (χ0n) is 30.2. The summed E-state index contributed by atoms with van der Waals surface area (Å²) in [6, 6.07) is 31.9. The SMILES string of the molecule is CCOC(=O)c1nnc(-c2cc(C(C)C)c(OCc3ccccc3)cc2OCc2ccccc2)n1-c1ccc(CC2CCN(S(C)(=O)=O)CC2)cc1. The largest absolute Gasteiger partial charge is 0.488 e. The number of hydrogen-bond acceptors (Lipinski definition) is 8. The Morgan fingerprint density at radius 2 is 1.40 bits per heavy atom. The summed E-state index contributed by atoms with van der Waals surface area (Å²) in [5.41, 5.74) is 5.50. The molecule has 0 atom stereocenters. The van der Waals surface area contributed by atoms with E-state index in [1.54, 1.807) is 15.8 Å². The van der Waals surface area contributed by atoms with Crippen molar-refractivity contribution in [2.45, 2.75) is 59.2 Å². The maximum absolute atomic E-state index is 13.3. The summed E-state index contributed by atoms with van der Waals surface area (Å²) in [6.07, 6.45) is 3.72. The lowest BCUT2D eigenvalue weighted by atomic mass is 9.91. The zero-order chi connectivity index (χ0) is 36.7. The van der Waals surface area contributed by atoms with Crippen LogP contribution in [0.2, 0.25) is 0 Å². The van der Waals surface area contributed by atoms with E-state index < -0.39 is 16.0 Å². The Bertz CT molecular complexity index is 2060. The van der Waals surface area contributed by atoms with E-state index in [0.29, 0.717) is 60.8 Å². The van der Waals surface area contributed by atoms with Gasteiger partial charge in [0.05, 0.1) is 18.4 Å². The molecule has 4 aromatic carbocycles. The van der Waals surface area contributed by atoms with E-state index in [1.165, 1.54) is 6.26 Å². The number of nitrogens with zero attached hydrogens (tertiary/aromatic N) is 4. The van der Waals surface area contributed by atoms with E-state index in [4.69, 9.17) is 14.2 Å². The standard InChI is InChI=1S/C41H46N4O6S/c1-5-49-41(46)40-43-42-39(45(40)34-18-16-30(17-19-34)24-31-20-22-44(23-21-31)52(4,47)48)36-25-35(29(2)3)37(50-27-32-12-8-6-9-13-32)26-38(36)51-28-33-14-10-7-11-15-33/h6-19,25-26,29,31H,5,20-24,27-28H2,1-4H3. The maximum Gasteiger partial charge on any atom is 0.376 e. The molecule has 1 saturated heterocycles. The summed E-state index contributed by atoms with van der Waals surface area (Å²) in [5.74, 6) is 1.63. The molecule has 0 spiro atoms. The second-order valence-corrected chi connectivity index (χ2v) is 15.5. The lowest BCUT2D eigenvalue weighted by Crippen LogP contribution is -2.38. The number of carbonyl (C=O) groups excluding carboxylic acids is 1. The Hall–Kier alpha value is -5.00. The highest BCUT2D eigenvalue weighted by Gasteiger charge is 2.28. The van der Waals surface area contributed by atoms with Gasteiger partial charge in [0.15, 0.2) is 5.82 Å². The minimum absolute atomic E-state index is 0.0576. The monoisotopic (exact) mass is 722 g/mol. The molecule has 272 valence electrons. The van der Waals surface area contributed by atoms with Crippen molar-refractivity contribution < 1.29 is 27.4 Å². The molecule has 0 radical (unpaired) electrons. The zero-order valence-corrected chi connectivity index (χ0v) is 31.0. The van der Waals surface area contributed by atoms with E-state index in [2.05, 4.69) is 24.0 Å². The minimum atomic E-state index is -3.18. The summed E-state index contributed by atoms with van der Waals surface area (Å²) in [4.78, 5) is 13.3. The molecule has 0 saturated carbocycles. The van der Waals surface area contributed by atoms with Gasteiger partial charge in [0, 0.05) is 24.8 Å². The van der Waals surface area contributed by atoms with E-state index >= 15 is 0 Å². The van der Waals surface area contributed by atoms with Crippen LogP contribution >= 0.6 is 0 Å². The molecule has 0 unspecified atom stereocenters. The average Bonchev–Trinajstić information content (AvgIpc) is 3.59. The molecule has 6 rings (SSSR count). The van der Waals surface area contributed by atoms with Gasteiger partial charge < -0.3 is 14.2 Å². The number of benzene rings is 4. The molecule has 10 nitrogen and oxygen atoms in total. The van der Waals surface area contributed by atoms with Crippen LogP contribution in [0.25, 0.3) is 17.1 Å². The summed E-state index contributed by atoms with van der Waals surface area (Å²) in [7, 11) is -3.18. The highest BCUT2D eigenvalue weighted by atomic mass is 32.2. The summed E-state index contributed by atoms with van der Waals surface area (Å²) in [5, 5.41) is 8.95. The topological polar surface area (TPSA) is 113 Å². The predicted octanol–water partition coefficient (Wildman–Crippen LogP) is 7.61. The lowest BCUT2D eigenvalue weighted by molar-refractivity contribution is 0.0509. The number of ether oxygens (including phenoxy) is 3. The maximum atomic E-state index is 13.3. The van der Waals surface area contributed by atoms with Gasteiger partial charge in [-0.05, 0) is 78.5 Å². The number of carbonyl (C=O) groups is 1. The average molecular weight is 723 g/mol. The Balaban J connectivity index is 1.38. The van der Waals surface area contributed by atoms with Crippen LogP contribution in [0.1, 0.15) is 72.4 Å². The molecule has 1 aliphatic rings. The van der Waals surface area contributed by atoms with Crippen molar-refractivity contribution >= 4 is 16.0 Å². The number of sulfonamides is 1. The molecule has 1 aliphatic heterocycles. The Morgan fingerprint density at radius 1 is 0.808 bits per heavy atom. The van der Waals surface area contributed by atoms with Crippen molar-refractivity contribution in [2.75, 3.05) is 26.0 Å². The van der Waals surface area contributed by atoms with Crippen molar-refractivity contribution in [1.29, 1.82) is 0 Å². The third kappa shape index (κ3) is 8.89. The summed E-state index contributed by atoms with van der Waals surface area (Å²) in [6.45, 7) is 7.94. The molecule has 0 N–H and O–H groups in total. The van der Waals surface area contributed by atoms with Crippen molar-refractivity contribution in [3.8, 4) is 28.6 Å². The van der Waals surface area contributed by atoms with Gasteiger partial charge in [-0.2, -0.15) is 0 Å². The quantitative estimate of drug-likeness (QED) is 0.108. The first kappa shape index (κ1) is 36.8. The number of esters is 1.